The van der Waals surface area contributed by atoms with Crippen LogP contribution in [0.15, 0.2) is 36.5 Å². The van der Waals surface area contributed by atoms with Crippen LogP contribution in [-0.4, -0.2) is 15.9 Å². The van der Waals surface area contributed by atoms with Gasteiger partial charge in [0.15, 0.2) is 0 Å². The molecule has 1 aromatic heterocycles. The lowest BCUT2D eigenvalue weighted by Crippen LogP contribution is -2.14. The molecule has 2 aromatic rings. The lowest BCUT2D eigenvalue weighted by Gasteiger charge is -2.13. The number of benzene rings is 1. The molecule has 0 fully saturated rings. The second-order valence-corrected chi connectivity index (χ2v) is 5.46. The highest BCUT2D eigenvalue weighted by Gasteiger charge is 2.20. The normalized spacial score (nSPS) is 11.3. The number of carbonyl (C=O) groups is 1. The van der Waals surface area contributed by atoms with Crippen LogP contribution in [0.4, 0.5) is 0 Å². The number of nitrogens with one attached hydrogen (secondary N) is 1. The zero-order chi connectivity index (χ0) is 13.9. The van der Waals surface area contributed by atoms with Crippen molar-refractivity contribution < 1.29 is 9.53 Å². The number of imidazole rings is 1. The fraction of sp³-hybridized carbons (Fsp3) is 0.333. The van der Waals surface area contributed by atoms with Crippen LogP contribution in [0.1, 0.15) is 42.6 Å². The van der Waals surface area contributed by atoms with Crippen molar-refractivity contribution in [2.24, 2.45) is 0 Å². The van der Waals surface area contributed by atoms with E-state index >= 15 is 0 Å². The second kappa shape index (κ2) is 5.26. The summed E-state index contributed by atoms with van der Waals surface area (Å²) < 4.78 is 5.23. The SMILES string of the molecule is CC(C)(C)c1ncc(C(=O)OCc2ccccc2)[nH]1. The molecule has 0 spiro atoms. The van der Waals surface area contributed by atoms with Gasteiger partial charge in [-0.25, -0.2) is 9.78 Å². The van der Waals surface area contributed by atoms with Gasteiger partial charge in [-0.3, -0.25) is 0 Å². The highest BCUT2D eigenvalue weighted by molar-refractivity contribution is 5.87. The highest BCUT2D eigenvalue weighted by Crippen LogP contribution is 2.18. The smallest absolute Gasteiger partial charge is 0.356 e. The molecule has 2 rings (SSSR count). The van der Waals surface area contributed by atoms with E-state index in [1.54, 1.807) is 0 Å². The first-order valence-electron chi connectivity index (χ1n) is 6.23. The Hall–Kier alpha value is -2.10. The van der Waals surface area contributed by atoms with Gasteiger partial charge in [-0.1, -0.05) is 51.1 Å². The van der Waals surface area contributed by atoms with Gasteiger partial charge in [0.05, 0.1) is 6.20 Å². The summed E-state index contributed by atoms with van der Waals surface area (Å²) >= 11 is 0. The van der Waals surface area contributed by atoms with Crippen LogP contribution in [0, 0.1) is 0 Å². The maximum absolute atomic E-state index is 11.9. The van der Waals surface area contributed by atoms with E-state index in [9.17, 15) is 4.79 Å². The van der Waals surface area contributed by atoms with Crippen LogP contribution in [-0.2, 0) is 16.8 Å². The number of esters is 1. The van der Waals surface area contributed by atoms with E-state index in [0.29, 0.717) is 5.69 Å². The summed E-state index contributed by atoms with van der Waals surface area (Å²) in [4.78, 5) is 19.1. The van der Waals surface area contributed by atoms with E-state index in [-0.39, 0.29) is 18.0 Å². The molecule has 4 heteroatoms. The van der Waals surface area contributed by atoms with Crippen molar-refractivity contribution >= 4 is 5.97 Å². The van der Waals surface area contributed by atoms with Crippen LogP contribution in [0.5, 0.6) is 0 Å². The van der Waals surface area contributed by atoms with Gasteiger partial charge < -0.3 is 9.72 Å². The monoisotopic (exact) mass is 258 g/mol. The molecule has 0 amide bonds. The van der Waals surface area contributed by atoms with Crippen LogP contribution < -0.4 is 0 Å². The van der Waals surface area contributed by atoms with Crippen molar-refractivity contribution in [3.8, 4) is 0 Å². The maximum atomic E-state index is 11.9. The Kier molecular flexibility index (Phi) is 3.69. The number of ether oxygens (including phenoxy) is 1. The first kappa shape index (κ1) is 13.3. The standard InChI is InChI=1S/C15H18N2O2/c1-15(2,3)14-16-9-12(17-14)13(18)19-10-11-7-5-4-6-8-11/h4-9H,10H2,1-3H3,(H,16,17). The van der Waals surface area contributed by atoms with Crippen molar-refractivity contribution in [1.29, 1.82) is 0 Å². The Bertz CT molecular complexity index is 553. The molecule has 19 heavy (non-hydrogen) atoms. The number of hydrogen-bond acceptors (Lipinski definition) is 3. The van der Waals surface area contributed by atoms with Gasteiger partial charge in [0.2, 0.25) is 0 Å². The zero-order valence-electron chi connectivity index (χ0n) is 11.4. The van der Waals surface area contributed by atoms with Crippen molar-refractivity contribution in [1.82, 2.24) is 9.97 Å². The lowest BCUT2D eigenvalue weighted by atomic mass is 9.96. The highest BCUT2D eigenvalue weighted by atomic mass is 16.5. The third kappa shape index (κ3) is 3.44. The van der Waals surface area contributed by atoms with Crippen molar-refractivity contribution in [3.63, 3.8) is 0 Å². The maximum Gasteiger partial charge on any atom is 0.356 e. The molecular formula is C15H18N2O2. The number of H-pyrrole nitrogens is 1. The zero-order valence-corrected chi connectivity index (χ0v) is 11.4. The summed E-state index contributed by atoms with van der Waals surface area (Å²) in [5, 5.41) is 0. The number of aromatic amines is 1. The molecule has 4 nitrogen and oxygen atoms in total. The summed E-state index contributed by atoms with van der Waals surface area (Å²) in [7, 11) is 0. The molecule has 0 radical (unpaired) electrons. The first-order chi connectivity index (χ1) is 8.97. The third-order valence-electron chi connectivity index (χ3n) is 2.72. The lowest BCUT2D eigenvalue weighted by molar-refractivity contribution is 0.0466. The van der Waals surface area contributed by atoms with Crippen molar-refractivity contribution in [2.75, 3.05) is 0 Å². The van der Waals surface area contributed by atoms with Gasteiger partial charge in [-0.2, -0.15) is 0 Å². The Morgan fingerprint density at radius 3 is 2.53 bits per heavy atom. The van der Waals surface area contributed by atoms with E-state index in [1.165, 1.54) is 6.20 Å². The number of carbonyl (C=O) groups excluding carboxylic acids is 1. The van der Waals surface area contributed by atoms with Gasteiger partial charge in [0, 0.05) is 5.41 Å². The van der Waals surface area contributed by atoms with E-state index in [4.69, 9.17) is 4.74 Å². The summed E-state index contributed by atoms with van der Waals surface area (Å²) in [5.41, 5.74) is 1.24. The van der Waals surface area contributed by atoms with Crippen molar-refractivity contribution in [3.05, 3.63) is 53.6 Å². The van der Waals surface area contributed by atoms with Crippen LogP contribution in [0.25, 0.3) is 0 Å². The molecule has 0 bridgehead atoms. The third-order valence-corrected chi connectivity index (χ3v) is 2.72. The molecule has 1 aromatic carbocycles. The van der Waals surface area contributed by atoms with Gasteiger partial charge in [0.1, 0.15) is 18.1 Å². The quantitative estimate of drug-likeness (QED) is 0.861. The van der Waals surface area contributed by atoms with Gasteiger partial charge >= 0.3 is 5.97 Å². The minimum Gasteiger partial charge on any atom is -0.456 e. The van der Waals surface area contributed by atoms with Crippen LogP contribution >= 0.6 is 0 Å². The Morgan fingerprint density at radius 1 is 1.26 bits per heavy atom. The second-order valence-electron chi connectivity index (χ2n) is 5.46. The van der Waals surface area contributed by atoms with E-state index < -0.39 is 0 Å². The first-order valence-corrected chi connectivity index (χ1v) is 6.23. The summed E-state index contributed by atoms with van der Waals surface area (Å²) in [6, 6.07) is 9.59. The minimum atomic E-state index is -0.383. The number of aromatic nitrogens is 2. The summed E-state index contributed by atoms with van der Waals surface area (Å²) in [6.07, 6.45) is 1.52. The molecule has 0 aliphatic carbocycles. The molecule has 100 valence electrons. The predicted octanol–water partition coefficient (Wildman–Crippen LogP) is 3.06. The number of nitrogens with zero attached hydrogens (tertiary/aromatic N) is 1. The van der Waals surface area contributed by atoms with Gasteiger partial charge in [-0.15, -0.1) is 0 Å². The Morgan fingerprint density at radius 2 is 1.95 bits per heavy atom. The van der Waals surface area contributed by atoms with Gasteiger partial charge in [0.25, 0.3) is 0 Å². The van der Waals surface area contributed by atoms with E-state index in [1.807, 2.05) is 51.1 Å². The predicted molar refractivity (Wildman–Crippen MR) is 72.8 cm³/mol. The van der Waals surface area contributed by atoms with E-state index in [2.05, 4.69) is 9.97 Å². The molecular weight excluding hydrogens is 240 g/mol. The fourth-order valence-corrected chi connectivity index (χ4v) is 1.61. The molecule has 1 heterocycles. The Balaban J connectivity index is 1.99. The fourth-order valence-electron chi connectivity index (χ4n) is 1.61. The number of rotatable bonds is 3. The van der Waals surface area contributed by atoms with E-state index in [0.717, 1.165) is 11.4 Å². The molecule has 0 atom stereocenters. The average molecular weight is 258 g/mol. The van der Waals surface area contributed by atoms with Crippen LogP contribution in [0.2, 0.25) is 0 Å². The average Bonchev–Trinajstić information content (AvgIpc) is 2.87. The molecule has 1 N–H and O–H groups in total. The van der Waals surface area contributed by atoms with Crippen molar-refractivity contribution in [2.45, 2.75) is 32.8 Å². The molecule has 0 saturated heterocycles. The molecule has 0 aliphatic heterocycles. The minimum absolute atomic E-state index is 0.113. The topological polar surface area (TPSA) is 55.0 Å². The summed E-state index contributed by atoms with van der Waals surface area (Å²) in [6.45, 7) is 6.37. The largest absolute Gasteiger partial charge is 0.456 e. The summed E-state index contributed by atoms with van der Waals surface area (Å²) in [5.74, 6) is 0.394. The molecule has 0 saturated carbocycles. The van der Waals surface area contributed by atoms with Crippen LogP contribution in [0.3, 0.4) is 0 Å². The molecule has 0 unspecified atom stereocenters. The molecule has 0 aliphatic rings. The van der Waals surface area contributed by atoms with Gasteiger partial charge in [-0.05, 0) is 5.56 Å². The number of hydrogen-bond donors (Lipinski definition) is 1. The Labute approximate surface area is 112 Å².